The molecule has 0 unspecified atom stereocenters. The molecule has 0 radical (unpaired) electrons. The molecule has 0 spiro atoms. The van der Waals surface area contributed by atoms with E-state index in [0.717, 1.165) is 11.3 Å². The molecule has 26 heavy (non-hydrogen) atoms. The van der Waals surface area contributed by atoms with Gasteiger partial charge in [0.15, 0.2) is 0 Å². The topological polar surface area (TPSA) is 83.6 Å². The molecule has 142 valence electrons. The minimum absolute atomic E-state index is 0.0348. The van der Waals surface area contributed by atoms with E-state index in [1.807, 2.05) is 0 Å². The summed E-state index contributed by atoms with van der Waals surface area (Å²) >= 11 is 12.9. The van der Waals surface area contributed by atoms with Crippen LogP contribution in [0.1, 0.15) is 12.8 Å². The van der Waals surface area contributed by atoms with Gasteiger partial charge in [-0.2, -0.15) is 4.31 Å². The second kappa shape index (κ2) is 7.75. The number of hydrogen-bond donors (Lipinski definition) is 1. The lowest BCUT2D eigenvalue weighted by Crippen LogP contribution is -2.46. The van der Waals surface area contributed by atoms with Crippen molar-refractivity contribution in [1.82, 2.24) is 9.03 Å². The molecule has 3 rings (SSSR count). The van der Waals surface area contributed by atoms with Gasteiger partial charge in [0.2, 0.25) is 20.0 Å². The molecule has 0 saturated carbocycles. The third-order valence-electron chi connectivity index (χ3n) is 4.01. The highest BCUT2D eigenvalue weighted by molar-refractivity contribution is 7.91. The molecular weight excluding hydrogens is 439 g/mol. The lowest BCUT2D eigenvalue weighted by atomic mass is 10.1. The van der Waals surface area contributed by atoms with Crippen molar-refractivity contribution in [3.63, 3.8) is 0 Å². The molecule has 1 saturated heterocycles. The highest BCUT2D eigenvalue weighted by Crippen LogP contribution is 2.27. The zero-order valence-electron chi connectivity index (χ0n) is 13.4. The van der Waals surface area contributed by atoms with Crippen LogP contribution in [0.25, 0.3) is 0 Å². The van der Waals surface area contributed by atoms with E-state index in [9.17, 15) is 16.8 Å². The number of thiophene rings is 1. The average Bonchev–Trinajstić information content (AvgIpc) is 3.09. The van der Waals surface area contributed by atoms with Crippen LogP contribution in [0.3, 0.4) is 0 Å². The van der Waals surface area contributed by atoms with Crippen molar-refractivity contribution in [2.24, 2.45) is 0 Å². The highest BCUT2D eigenvalue weighted by Gasteiger charge is 2.31. The molecule has 1 aromatic heterocycles. The molecule has 11 heteroatoms. The van der Waals surface area contributed by atoms with Gasteiger partial charge in [0.1, 0.15) is 4.21 Å². The molecule has 1 fully saturated rings. The van der Waals surface area contributed by atoms with Crippen molar-refractivity contribution in [2.45, 2.75) is 28.0 Å². The van der Waals surface area contributed by atoms with Gasteiger partial charge in [-0.15, -0.1) is 11.3 Å². The van der Waals surface area contributed by atoms with Crippen LogP contribution in [0, 0.1) is 0 Å². The Kier molecular flexibility index (Phi) is 5.98. The van der Waals surface area contributed by atoms with E-state index >= 15 is 0 Å². The minimum Gasteiger partial charge on any atom is -0.207 e. The van der Waals surface area contributed by atoms with Crippen LogP contribution in [0.2, 0.25) is 10.0 Å². The number of nitrogens with one attached hydrogen (secondary N) is 1. The number of nitrogens with zero attached hydrogens (tertiary/aromatic N) is 1. The molecule has 2 heterocycles. The smallest absolute Gasteiger partial charge is 0.207 e. The molecule has 0 amide bonds. The zero-order valence-corrected chi connectivity index (χ0v) is 17.4. The molecule has 0 bridgehead atoms. The molecule has 1 aliphatic heterocycles. The fourth-order valence-electron chi connectivity index (χ4n) is 2.73. The third kappa shape index (κ3) is 4.41. The molecule has 6 nitrogen and oxygen atoms in total. The number of sulfonamides is 2. The standard InChI is InChI=1S/C15H16Cl2N2O4S3/c16-11-8-12(17)10-14(9-11)26(22,23)19-5-3-13(4-6-19)18-25(20,21)15-2-1-7-24-15/h1-2,7-10,13,18H,3-6H2. The van der Waals surface area contributed by atoms with E-state index < -0.39 is 20.0 Å². The first-order valence-corrected chi connectivity index (χ1v) is 12.3. The van der Waals surface area contributed by atoms with Crippen molar-refractivity contribution in [3.05, 3.63) is 45.8 Å². The molecule has 0 atom stereocenters. The maximum atomic E-state index is 12.7. The summed E-state index contributed by atoms with van der Waals surface area (Å²) in [5, 5.41) is 2.18. The van der Waals surface area contributed by atoms with Crippen LogP contribution in [0.4, 0.5) is 0 Å². The third-order valence-corrected chi connectivity index (χ3v) is 9.24. The van der Waals surface area contributed by atoms with Crippen LogP contribution in [-0.2, 0) is 20.0 Å². The number of benzene rings is 1. The summed E-state index contributed by atoms with van der Waals surface area (Å²) in [5.74, 6) is 0. The van der Waals surface area contributed by atoms with Gasteiger partial charge >= 0.3 is 0 Å². The van der Waals surface area contributed by atoms with E-state index in [1.165, 1.54) is 28.6 Å². The Balaban J connectivity index is 1.68. The predicted molar refractivity (Wildman–Crippen MR) is 103 cm³/mol. The summed E-state index contributed by atoms with van der Waals surface area (Å²) in [7, 11) is -7.30. The SMILES string of the molecule is O=S(=O)(NC1CCN(S(=O)(=O)c2cc(Cl)cc(Cl)c2)CC1)c1cccs1. The Morgan fingerprint density at radius 2 is 1.65 bits per heavy atom. The molecule has 0 aliphatic carbocycles. The Hall–Kier alpha value is -0.680. The summed E-state index contributed by atoms with van der Waals surface area (Å²) in [4.78, 5) is 0.0348. The molecular formula is C15H16Cl2N2O4S3. The van der Waals surface area contributed by atoms with Crippen molar-refractivity contribution in [1.29, 1.82) is 0 Å². The average molecular weight is 455 g/mol. The summed E-state index contributed by atoms with van der Waals surface area (Å²) in [6.07, 6.45) is 0.774. The van der Waals surface area contributed by atoms with Gasteiger partial charge in [0.25, 0.3) is 0 Å². The molecule has 1 N–H and O–H groups in total. The largest absolute Gasteiger partial charge is 0.250 e. The fourth-order valence-corrected chi connectivity index (χ4v) is 7.25. The normalized spacial score (nSPS) is 17.5. The molecule has 1 aliphatic rings. The van der Waals surface area contributed by atoms with E-state index in [4.69, 9.17) is 23.2 Å². The van der Waals surface area contributed by atoms with E-state index in [2.05, 4.69) is 4.72 Å². The van der Waals surface area contributed by atoms with Gasteiger partial charge in [0, 0.05) is 29.2 Å². The van der Waals surface area contributed by atoms with E-state index in [-0.39, 0.29) is 38.3 Å². The lowest BCUT2D eigenvalue weighted by molar-refractivity contribution is 0.308. The summed E-state index contributed by atoms with van der Waals surface area (Å²) in [6.45, 7) is 0.425. The summed E-state index contributed by atoms with van der Waals surface area (Å²) in [5.41, 5.74) is 0. The van der Waals surface area contributed by atoms with Crippen LogP contribution in [0.15, 0.2) is 44.8 Å². The zero-order chi connectivity index (χ0) is 18.9. The first kappa shape index (κ1) is 20.1. The van der Waals surface area contributed by atoms with E-state index in [0.29, 0.717) is 12.8 Å². The monoisotopic (exact) mass is 454 g/mol. The van der Waals surface area contributed by atoms with Crippen LogP contribution < -0.4 is 4.72 Å². The van der Waals surface area contributed by atoms with Crippen molar-refractivity contribution in [2.75, 3.05) is 13.1 Å². The predicted octanol–water partition coefficient (Wildman–Crippen LogP) is 3.19. The maximum absolute atomic E-state index is 12.7. The van der Waals surface area contributed by atoms with Gasteiger partial charge in [-0.25, -0.2) is 21.6 Å². The Morgan fingerprint density at radius 3 is 2.19 bits per heavy atom. The number of hydrogen-bond acceptors (Lipinski definition) is 5. The van der Waals surface area contributed by atoms with Gasteiger partial charge in [-0.05, 0) is 42.5 Å². The van der Waals surface area contributed by atoms with Crippen LogP contribution in [0.5, 0.6) is 0 Å². The first-order valence-electron chi connectivity index (χ1n) is 7.70. The highest BCUT2D eigenvalue weighted by atomic mass is 35.5. The second-order valence-corrected chi connectivity index (χ2v) is 11.5. The van der Waals surface area contributed by atoms with Gasteiger partial charge in [-0.3, -0.25) is 0 Å². The minimum atomic E-state index is -3.73. The summed E-state index contributed by atoms with van der Waals surface area (Å²) < 4.78 is 54.3. The number of piperidine rings is 1. The Labute approximate surface area is 166 Å². The van der Waals surface area contributed by atoms with E-state index in [1.54, 1.807) is 11.4 Å². The Bertz CT molecular complexity index is 964. The van der Waals surface area contributed by atoms with Crippen molar-refractivity contribution >= 4 is 54.6 Å². The maximum Gasteiger partial charge on any atom is 0.250 e. The van der Waals surface area contributed by atoms with Crippen molar-refractivity contribution in [3.8, 4) is 0 Å². The van der Waals surface area contributed by atoms with Crippen molar-refractivity contribution < 1.29 is 16.8 Å². The summed E-state index contributed by atoms with van der Waals surface area (Å²) in [6, 6.07) is 7.08. The van der Waals surface area contributed by atoms with Crippen LogP contribution >= 0.6 is 34.5 Å². The second-order valence-electron chi connectivity index (χ2n) is 5.84. The van der Waals surface area contributed by atoms with Crippen LogP contribution in [-0.4, -0.2) is 40.3 Å². The van der Waals surface area contributed by atoms with Gasteiger partial charge in [-0.1, -0.05) is 29.3 Å². The Morgan fingerprint density at radius 1 is 1.04 bits per heavy atom. The number of halogens is 2. The molecule has 2 aromatic rings. The number of rotatable bonds is 5. The quantitative estimate of drug-likeness (QED) is 0.751. The first-order chi connectivity index (χ1) is 12.2. The molecule has 1 aromatic carbocycles. The van der Waals surface area contributed by atoms with Gasteiger partial charge in [0.05, 0.1) is 4.90 Å². The van der Waals surface area contributed by atoms with Gasteiger partial charge < -0.3 is 0 Å². The lowest BCUT2D eigenvalue weighted by Gasteiger charge is -2.31. The fraction of sp³-hybridized carbons (Fsp3) is 0.333.